The van der Waals surface area contributed by atoms with Gasteiger partial charge in [0.05, 0.1) is 5.92 Å². The third-order valence-electron chi connectivity index (χ3n) is 4.62. The molecule has 2 rings (SSSR count). The smallest absolute Gasteiger partial charge is 0.251 e. The molecule has 1 heterocycles. The van der Waals surface area contributed by atoms with Gasteiger partial charge in [-0.25, -0.2) is 0 Å². The second-order valence-corrected chi connectivity index (χ2v) is 6.41. The van der Waals surface area contributed by atoms with Crippen molar-refractivity contribution in [2.75, 3.05) is 13.1 Å². The van der Waals surface area contributed by atoms with Gasteiger partial charge in [-0.3, -0.25) is 9.59 Å². The number of hydrogen-bond donors (Lipinski definition) is 2. The lowest BCUT2D eigenvalue weighted by molar-refractivity contribution is -0.139. The normalized spacial score (nSPS) is 19.8. The third-order valence-corrected chi connectivity index (χ3v) is 4.62. The molecule has 0 spiro atoms. The van der Waals surface area contributed by atoms with Gasteiger partial charge < -0.3 is 16.0 Å². The molecular weight excluding hydrogens is 326 g/mol. The van der Waals surface area contributed by atoms with Crippen LogP contribution in [0.5, 0.6) is 0 Å². The molecule has 0 aliphatic carbocycles. The standard InChI is InChI=1S/C18H27N3O2.ClH/c1-13(14(2)19)18(23)21-11-7-6-10-16(21)12-20-17(22)15-8-4-3-5-9-15;/h3-5,8-9,13-14,16H,6-7,10-12,19H2,1-2H3,(H,20,22);1H. The Morgan fingerprint density at radius 3 is 2.54 bits per heavy atom. The molecule has 6 heteroatoms. The lowest BCUT2D eigenvalue weighted by Crippen LogP contribution is -2.52. The van der Waals surface area contributed by atoms with E-state index in [0.717, 1.165) is 25.8 Å². The highest BCUT2D eigenvalue weighted by Gasteiger charge is 2.31. The van der Waals surface area contributed by atoms with Gasteiger partial charge in [-0.1, -0.05) is 25.1 Å². The average Bonchev–Trinajstić information content (AvgIpc) is 2.59. The molecule has 0 bridgehead atoms. The van der Waals surface area contributed by atoms with Gasteiger partial charge in [0.1, 0.15) is 0 Å². The van der Waals surface area contributed by atoms with Crippen LogP contribution < -0.4 is 11.1 Å². The molecular formula is C18H28ClN3O2. The average molecular weight is 354 g/mol. The molecule has 3 N–H and O–H groups in total. The third kappa shape index (κ3) is 5.21. The van der Waals surface area contributed by atoms with Crippen LogP contribution in [0.2, 0.25) is 0 Å². The summed E-state index contributed by atoms with van der Waals surface area (Å²) in [5.41, 5.74) is 6.51. The summed E-state index contributed by atoms with van der Waals surface area (Å²) in [6.45, 7) is 4.98. The molecule has 0 aromatic heterocycles. The van der Waals surface area contributed by atoms with Gasteiger partial charge in [0.15, 0.2) is 0 Å². The van der Waals surface area contributed by atoms with Crippen LogP contribution in [-0.2, 0) is 4.79 Å². The molecule has 1 fully saturated rings. The van der Waals surface area contributed by atoms with Crippen molar-refractivity contribution in [1.29, 1.82) is 0 Å². The van der Waals surface area contributed by atoms with E-state index in [9.17, 15) is 9.59 Å². The van der Waals surface area contributed by atoms with E-state index < -0.39 is 0 Å². The minimum absolute atomic E-state index is 0. The number of rotatable bonds is 5. The highest BCUT2D eigenvalue weighted by atomic mass is 35.5. The predicted octanol–water partition coefficient (Wildman–Crippen LogP) is 2.20. The summed E-state index contributed by atoms with van der Waals surface area (Å²) >= 11 is 0. The number of nitrogens with two attached hydrogens (primary N) is 1. The number of halogens is 1. The maximum Gasteiger partial charge on any atom is 0.251 e. The second kappa shape index (κ2) is 9.64. The van der Waals surface area contributed by atoms with E-state index in [-0.39, 0.29) is 42.2 Å². The number of hydrogen-bond acceptors (Lipinski definition) is 3. The Morgan fingerprint density at radius 1 is 1.25 bits per heavy atom. The summed E-state index contributed by atoms with van der Waals surface area (Å²) in [6, 6.07) is 9.04. The predicted molar refractivity (Wildman–Crippen MR) is 98.2 cm³/mol. The molecule has 1 aromatic rings. The van der Waals surface area contributed by atoms with Crippen molar-refractivity contribution in [3.8, 4) is 0 Å². The van der Waals surface area contributed by atoms with Gasteiger partial charge in [0.2, 0.25) is 5.91 Å². The van der Waals surface area contributed by atoms with Gasteiger partial charge in [0.25, 0.3) is 5.91 Å². The first-order valence-electron chi connectivity index (χ1n) is 8.40. The fourth-order valence-electron chi connectivity index (χ4n) is 2.89. The fourth-order valence-corrected chi connectivity index (χ4v) is 2.89. The Morgan fingerprint density at radius 2 is 1.92 bits per heavy atom. The molecule has 1 aliphatic rings. The first-order chi connectivity index (χ1) is 11.0. The van der Waals surface area contributed by atoms with Crippen LogP contribution in [0.4, 0.5) is 0 Å². The van der Waals surface area contributed by atoms with Crippen LogP contribution in [0, 0.1) is 5.92 Å². The van der Waals surface area contributed by atoms with Crippen molar-refractivity contribution < 1.29 is 9.59 Å². The quantitative estimate of drug-likeness (QED) is 0.852. The Labute approximate surface area is 150 Å². The van der Waals surface area contributed by atoms with Crippen LogP contribution in [-0.4, -0.2) is 41.9 Å². The highest BCUT2D eigenvalue weighted by molar-refractivity contribution is 5.94. The monoisotopic (exact) mass is 353 g/mol. The molecule has 1 aromatic carbocycles. The summed E-state index contributed by atoms with van der Waals surface area (Å²) in [4.78, 5) is 26.7. The molecule has 1 aliphatic heterocycles. The summed E-state index contributed by atoms with van der Waals surface area (Å²) in [5.74, 6) is -0.192. The van der Waals surface area contributed by atoms with Gasteiger partial charge in [-0.15, -0.1) is 12.4 Å². The number of carbonyl (C=O) groups is 2. The van der Waals surface area contributed by atoms with Crippen molar-refractivity contribution >= 4 is 24.2 Å². The van der Waals surface area contributed by atoms with E-state index >= 15 is 0 Å². The Kier molecular flexibility index (Phi) is 8.22. The van der Waals surface area contributed by atoms with Crippen LogP contribution in [0.15, 0.2) is 30.3 Å². The van der Waals surface area contributed by atoms with Crippen LogP contribution in [0.25, 0.3) is 0 Å². The number of amides is 2. The molecule has 2 amide bonds. The number of piperidine rings is 1. The number of nitrogens with one attached hydrogen (secondary N) is 1. The van der Waals surface area contributed by atoms with E-state index in [2.05, 4.69) is 5.32 Å². The van der Waals surface area contributed by atoms with Gasteiger partial charge in [-0.05, 0) is 38.3 Å². The van der Waals surface area contributed by atoms with Crippen LogP contribution in [0.1, 0.15) is 43.5 Å². The Hall–Kier alpha value is -1.59. The molecule has 1 saturated heterocycles. The highest BCUT2D eigenvalue weighted by Crippen LogP contribution is 2.20. The molecule has 134 valence electrons. The van der Waals surface area contributed by atoms with E-state index in [1.54, 1.807) is 12.1 Å². The molecule has 0 radical (unpaired) electrons. The minimum Gasteiger partial charge on any atom is -0.350 e. The minimum atomic E-state index is -0.194. The van der Waals surface area contributed by atoms with E-state index in [1.807, 2.05) is 36.9 Å². The largest absolute Gasteiger partial charge is 0.350 e. The zero-order chi connectivity index (χ0) is 16.8. The molecule has 3 atom stereocenters. The van der Waals surface area contributed by atoms with Gasteiger partial charge in [0, 0.05) is 30.7 Å². The summed E-state index contributed by atoms with van der Waals surface area (Å²) in [6.07, 6.45) is 3.02. The van der Waals surface area contributed by atoms with E-state index in [1.165, 1.54) is 0 Å². The fraction of sp³-hybridized carbons (Fsp3) is 0.556. The zero-order valence-corrected chi connectivity index (χ0v) is 15.2. The molecule has 0 saturated carbocycles. The number of carbonyl (C=O) groups excluding carboxylic acids is 2. The molecule has 3 unspecified atom stereocenters. The van der Waals surface area contributed by atoms with Crippen molar-refractivity contribution in [3.63, 3.8) is 0 Å². The summed E-state index contributed by atoms with van der Waals surface area (Å²) in [5, 5.41) is 2.96. The maximum absolute atomic E-state index is 12.6. The number of nitrogens with zero attached hydrogens (tertiary/aromatic N) is 1. The van der Waals surface area contributed by atoms with E-state index in [4.69, 9.17) is 5.73 Å². The lowest BCUT2D eigenvalue weighted by atomic mass is 9.96. The second-order valence-electron chi connectivity index (χ2n) is 6.41. The first kappa shape index (κ1) is 20.5. The van der Waals surface area contributed by atoms with Gasteiger partial charge >= 0.3 is 0 Å². The van der Waals surface area contributed by atoms with Gasteiger partial charge in [-0.2, -0.15) is 0 Å². The van der Waals surface area contributed by atoms with Crippen LogP contribution in [0.3, 0.4) is 0 Å². The lowest BCUT2D eigenvalue weighted by Gasteiger charge is -2.38. The van der Waals surface area contributed by atoms with Crippen molar-refractivity contribution in [1.82, 2.24) is 10.2 Å². The van der Waals surface area contributed by atoms with E-state index in [0.29, 0.717) is 12.1 Å². The SMILES string of the molecule is CC(N)C(C)C(=O)N1CCCCC1CNC(=O)c1ccccc1.Cl. The van der Waals surface area contributed by atoms with Crippen LogP contribution >= 0.6 is 12.4 Å². The number of benzene rings is 1. The zero-order valence-electron chi connectivity index (χ0n) is 14.4. The topological polar surface area (TPSA) is 75.4 Å². The molecule has 5 nitrogen and oxygen atoms in total. The summed E-state index contributed by atoms with van der Waals surface area (Å²) in [7, 11) is 0. The maximum atomic E-state index is 12.6. The molecule has 24 heavy (non-hydrogen) atoms. The van der Waals surface area contributed by atoms with Crippen molar-refractivity contribution in [2.24, 2.45) is 11.7 Å². The first-order valence-corrected chi connectivity index (χ1v) is 8.40. The van der Waals surface area contributed by atoms with Crippen molar-refractivity contribution in [3.05, 3.63) is 35.9 Å². The number of likely N-dealkylation sites (tertiary alicyclic amines) is 1. The van der Waals surface area contributed by atoms with Crippen molar-refractivity contribution in [2.45, 2.75) is 45.2 Å². The Bertz CT molecular complexity index is 536. The summed E-state index contributed by atoms with van der Waals surface area (Å²) < 4.78 is 0. The Balaban J connectivity index is 0.00000288.